The number of unbranched alkanes of at least 4 members (excludes halogenated alkanes) is 3. The molecule has 0 heterocycles. The molecule has 9 nitrogen and oxygen atoms in total. The second-order valence-corrected chi connectivity index (χ2v) is 9.56. The van der Waals surface area contributed by atoms with Crippen LogP contribution in [0.4, 0.5) is 0 Å². The van der Waals surface area contributed by atoms with Crippen molar-refractivity contribution in [3.63, 3.8) is 0 Å². The SMILES string of the molecule is C=CCC(CC)(CC)CC(=O)NCCOCCOCCOCC(=O)NCCOCCOCCCCCCCl. The van der Waals surface area contributed by atoms with Crippen LogP contribution in [-0.4, -0.2) is 96.9 Å². The van der Waals surface area contributed by atoms with Crippen LogP contribution in [-0.2, 0) is 33.3 Å². The van der Waals surface area contributed by atoms with Crippen molar-refractivity contribution in [2.24, 2.45) is 5.41 Å². The first-order valence-corrected chi connectivity index (χ1v) is 14.7. The monoisotopic (exact) mass is 564 g/mol. The van der Waals surface area contributed by atoms with Gasteiger partial charge in [0, 0.05) is 32.0 Å². The van der Waals surface area contributed by atoms with E-state index in [1.807, 2.05) is 6.08 Å². The van der Waals surface area contributed by atoms with E-state index in [0.29, 0.717) is 72.4 Å². The molecule has 0 unspecified atom stereocenters. The lowest BCUT2D eigenvalue weighted by Gasteiger charge is -2.29. The van der Waals surface area contributed by atoms with Gasteiger partial charge in [-0.15, -0.1) is 18.2 Å². The summed E-state index contributed by atoms with van der Waals surface area (Å²) >= 11 is 5.64. The lowest BCUT2D eigenvalue weighted by Crippen LogP contribution is -2.33. The van der Waals surface area contributed by atoms with Crippen LogP contribution in [0.3, 0.4) is 0 Å². The van der Waals surface area contributed by atoms with E-state index in [9.17, 15) is 9.59 Å². The van der Waals surface area contributed by atoms with Crippen molar-refractivity contribution in [3.05, 3.63) is 12.7 Å². The van der Waals surface area contributed by atoms with Gasteiger partial charge in [-0.1, -0.05) is 32.8 Å². The summed E-state index contributed by atoms with van der Waals surface area (Å²) in [5, 5.41) is 5.66. The van der Waals surface area contributed by atoms with Crippen molar-refractivity contribution in [2.75, 3.05) is 85.0 Å². The van der Waals surface area contributed by atoms with E-state index in [2.05, 4.69) is 31.1 Å². The molecule has 2 N–H and O–H groups in total. The smallest absolute Gasteiger partial charge is 0.246 e. The highest BCUT2D eigenvalue weighted by molar-refractivity contribution is 6.17. The molecule has 0 saturated carbocycles. The van der Waals surface area contributed by atoms with Gasteiger partial charge in [0.05, 0.1) is 52.9 Å². The predicted octanol–water partition coefficient (Wildman–Crippen LogP) is 3.87. The molecule has 38 heavy (non-hydrogen) atoms. The largest absolute Gasteiger partial charge is 0.379 e. The first-order valence-electron chi connectivity index (χ1n) is 14.1. The Morgan fingerprint density at radius 3 is 1.76 bits per heavy atom. The van der Waals surface area contributed by atoms with E-state index < -0.39 is 0 Å². The number of hydrogen-bond donors (Lipinski definition) is 2. The summed E-state index contributed by atoms with van der Waals surface area (Å²) in [6.07, 6.45) is 9.54. The third-order valence-corrected chi connectivity index (χ3v) is 6.54. The molecule has 0 aliphatic rings. The molecule has 0 aliphatic heterocycles. The van der Waals surface area contributed by atoms with Crippen molar-refractivity contribution < 1.29 is 33.3 Å². The first kappa shape index (κ1) is 36.8. The zero-order valence-corrected chi connectivity index (χ0v) is 24.6. The fourth-order valence-corrected chi connectivity index (χ4v) is 3.91. The highest BCUT2D eigenvalue weighted by Crippen LogP contribution is 2.34. The van der Waals surface area contributed by atoms with Gasteiger partial charge < -0.3 is 34.3 Å². The van der Waals surface area contributed by atoms with Crippen LogP contribution in [0.5, 0.6) is 0 Å². The van der Waals surface area contributed by atoms with Crippen LogP contribution in [0.1, 0.15) is 65.2 Å². The summed E-state index contributed by atoms with van der Waals surface area (Å²) < 4.78 is 27.1. The molecular formula is C28H53ClN2O7. The van der Waals surface area contributed by atoms with Gasteiger partial charge in [-0.25, -0.2) is 0 Å². The van der Waals surface area contributed by atoms with Crippen LogP contribution in [0.25, 0.3) is 0 Å². The topological polar surface area (TPSA) is 104 Å². The third kappa shape index (κ3) is 22.7. The summed E-state index contributed by atoms with van der Waals surface area (Å²) in [5.74, 6) is 0.588. The summed E-state index contributed by atoms with van der Waals surface area (Å²) in [5.41, 5.74) is -0.00256. The number of ether oxygens (including phenoxy) is 5. The number of carbonyl (C=O) groups is 2. The standard InChI is InChI=1S/C28H53ClN2O7/c1-4-11-28(5-2,6-3)24-26(32)30-13-16-35-20-21-37-22-23-38-25-27(33)31-14-17-36-19-18-34-15-10-8-7-9-12-29/h4H,1,5-25H2,2-3H3,(H,30,32)(H,31,33). The minimum absolute atomic E-state index is 0.00256. The average molecular weight is 565 g/mol. The van der Waals surface area contributed by atoms with Gasteiger partial charge in [0.15, 0.2) is 0 Å². The second kappa shape index (κ2) is 27.3. The second-order valence-electron chi connectivity index (χ2n) is 9.18. The van der Waals surface area contributed by atoms with Crippen molar-refractivity contribution in [1.82, 2.24) is 10.6 Å². The first-order chi connectivity index (χ1) is 18.5. The van der Waals surface area contributed by atoms with Gasteiger partial charge in [0.1, 0.15) is 6.61 Å². The number of carbonyl (C=O) groups excluding carboxylic acids is 2. The van der Waals surface area contributed by atoms with E-state index in [4.69, 9.17) is 35.3 Å². The molecule has 0 rings (SSSR count). The third-order valence-electron chi connectivity index (χ3n) is 6.27. The van der Waals surface area contributed by atoms with Crippen molar-refractivity contribution in [3.8, 4) is 0 Å². The minimum atomic E-state index is -0.188. The number of alkyl halides is 1. The number of rotatable bonds is 29. The van der Waals surface area contributed by atoms with Crippen molar-refractivity contribution in [1.29, 1.82) is 0 Å². The highest BCUT2D eigenvalue weighted by Gasteiger charge is 2.27. The average Bonchev–Trinajstić information content (AvgIpc) is 2.92. The summed E-state index contributed by atoms with van der Waals surface area (Å²) in [7, 11) is 0. The Morgan fingerprint density at radius 1 is 0.711 bits per heavy atom. The van der Waals surface area contributed by atoms with E-state index in [1.54, 1.807) is 0 Å². The Morgan fingerprint density at radius 2 is 1.21 bits per heavy atom. The molecule has 0 radical (unpaired) electrons. The molecule has 0 aromatic rings. The molecule has 0 aromatic heterocycles. The van der Waals surface area contributed by atoms with Crippen molar-refractivity contribution in [2.45, 2.75) is 65.2 Å². The van der Waals surface area contributed by atoms with Crippen LogP contribution < -0.4 is 10.6 Å². The molecule has 0 atom stereocenters. The summed E-state index contributed by atoms with van der Waals surface area (Å²) in [4.78, 5) is 23.9. The van der Waals surface area contributed by atoms with Crippen LogP contribution in [0.2, 0.25) is 0 Å². The van der Waals surface area contributed by atoms with E-state index in [-0.39, 0.29) is 23.8 Å². The molecule has 10 heteroatoms. The minimum Gasteiger partial charge on any atom is -0.379 e. The number of nitrogens with one attached hydrogen (secondary N) is 2. The Hall–Kier alpha value is -1.23. The maximum Gasteiger partial charge on any atom is 0.246 e. The number of halogens is 1. The molecule has 224 valence electrons. The molecule has 0 spiro atoms. The van der Waals surface area contributed by atoms with Gasteiger partial charge in [-0.3, -0.25) is 9.59 Å². The highest BCUT2D eigenvalue weighted by atomic mass is 35.5. The van der Waals surface area contributed by atoms with E-state index >= 15 is 0 Å². The quantitative estimate of drug-likeness (QED) is 0.0807. The van der Waals surface area contributed by atoms with E-state index in [0.717, 1.165) is 57.4 Å². The maximum atomic E-state index is 12.2. The van der Waals surface area contributed by atoms with Crippen molar-refractivity contribution >= 4 is 23.4 Å². The fourth-order valence-electron chi connectivity index (χ4n) is 3.73. The van der Waals surface area contributed by atoms with Gasteiger partial charge >= 0.3 is 0 Å². The number of amides is 2. The summed E-state index contributed by atoms with van der Waals surface area (Å²) in [6, 6.07) is 0. The molecule has 0 fully saturated rings. The fraction of sp³-hybridized carbons (Fsp3) is 0.857. The molecule has 2 amide bonds. The lowest BCUT2D eigenvalue weighted by molar-refractivity contribution is -0.126. The Labute approximate surface area is 235 Å². The van der Waals surface area contributed by atoms with Crippen LogP contribution in [0.15, 0.2) is 12.7 Å². The van der Waals surface area contributed by atoms with Crippen LogP contribution >= 0.6 is 11.6 Å². The number of allylic oxidation sites excluding steroid dienone is 1. The molecular weight excluding hydrogens is 512 g/mol. The Balaban J connectivity index is 3.41. The Bertz CT molecular complexity index is 577. The predicted molar refractivity (Wildman–Crippen MR) is 152 cm³/mol. The zero-order valence-electron chi connectivity index (χ0n) is 23.9. The molecule has 0 aliphatic carbocycles. The van der Waals surface area contributed by atoms with Gasteiger partial charge in [-0.05, 0) is 37.5 Å². The molecule has 0 saturated heterocycles. The van der Waals surface area contributed by atoms with Gasteiger partial charge in [-0.2, -0.15) is 0 Å². The maximum absolute atomic E-state index is 12.2. The Kier molecular flexibility index (Phi) is 26.5. The lowest BCUT2D eigenvalue weighted by atomic mass is 9.76. The number of hydrogen-bond acceptors (Lipinski definition) is 7. The normalized spacial score (nSPS) is 11.4. The van der Waals surface area contributed by atoms with Gasteiger partial charge in [0.25, 0.3) is 0 Å². The zero-order chi connectivity index (χ0) is 28.2. The van der Waals surface area contributed by atoms with Crippen LogP contribution in [0, 0.1) is 5.41 Å². The summed E-state index contributed by atoms with van der Waals surface area (Å²) in [6.45, 7) is 13.2. The van der Waals surface area contributed by atoms with E-state index in [1.165, 1.54) is 0 Å². The van der Waals surface area contributed by atoms with Gasteiger partial charge in [0.2, 0.25) is 11.8 Å². The molecule has 0 aromatic carbocycles. The molecule has 0 bridgehead atoms.